The van der Waals surface area contributed by atoms with Crippen molar-refractivity contribution in [1.82, 2.24) is 14.7 Å². The third-order valence-electron chi connectivity index (χ3n) is 5.48. The zero-order valence-electron chi connectivity index (χ0n) is 16.0. The van der Waals surface area contributed by atoms with E-state index in [-0.39, 0.29) is 12.1 Å². The summed E-state index contributed by atoms with van der Waals surface area (Å²) in [5, 5.41) is 0. The lowest BCUT2D eigenvalue weighted by atomic mass is 9.86. The number of rotatable bonds is 6. The lowest BCUT2D eigenvalue weighted by Gasteiger charge is -2.36. The minimum absolute atomic E-state index is 0.0844. The molecule has 0 N–H and O–H groups in total. The van der Waals surface area contributed by atoms with Gasteiger partial charge in [0.15, 0.2) is 0 Å². The number of piperazine rings is 1. The van der Waals surface area contributed by atoms with Crippen LogP contribution in [0.1, 0.15) is 58.3 Å². The Morgan fingerprint density at radius 1 is 1.00 bits per heavy atom. The standard InChI is InChI=1S/C19H35N3O3/c1-3-25-19(24)22-15-13-21(14-16-22)18(23)20(2)12-8-7-11-17-9-5-4-6-10-17/h17H,3-16H2,1-2H3. The van der Waals surface area contributed by atoms with Crippen LogP contribution in [-0.4, -0.2) is 73.2 Å². The fraction of sp³-hybridized carbons (Fsp3) is 0.895. The Labute approximate surface area is 152 Å². The van der Waals surface area contributed by atoms with Gasteiger partial charge in [-0.2, -0.15) is 0 Å². The molecule has 25 heavy (non-hydrogen) atoms. The smallest absolute Gasteiger partial charge is 0.409 e. The minimum atomic E-state index is -0.273. The Kier molecular flexibility index (Phi) is 8.35. The Bertz CT molecular complexity index is 416. The molecule has 1 saturated heterocycles. The molecule has 0 aromatic carbocycles. The molecule has 2 fully saturated rings. The van der Waals surface area contributed by atoms with Crippen LogP contribution in [-0.2, 0) is 4.74 Å². The number of urea groups is 1. The third-order valence-corrected chi connectivity index (χ3v) is 5.48. The molecule has 0 atom stereocenters. The van der Waals surface area contributed by atoms with Crippen LogP contribution in [0.2, 0.25) is 0 Å². The summed E-state index contributed by atoms with van der Waals surface area (Å²) in [6.45, 7) is 5.31. The maximum atomic E-state index is 12.5. The molecule has 144 valence electrons. The van der Waals surface area contributed by atoms with Crippen LogP contribution in [0, 0.1) is 5.92 Å². The molecule has 1 saturated carbocycles. The van der Waals surface area contributed by atoms with E-state index in [1.807, 2.05) is 16.8 Å². The number of carbonyl (C=O) groups is 2. The second-order valence-corrected chi connectivity index (χ2v) is 7.38. The molecule has 6 heteroatoms. The van der Waals surface area contributed by atoms with Crippen LogP contribution in [0.3, 0.4) is 0 Å². The average Bonchev–Trinajstić information content (AvgIpc) is 2.65. The van der Waals surface area contributed by atoms with Gasteiger partial charge in [0, 0.05) is 39.8 Å². The fourth-order valence-corrected chi connectivity index (χ4v) is 3.89. The van der Waals surface area contributed by atoms with Crippen molar-refractivity contribution < 1.29 is 14.3 Å². The first-order valence-corrected chi connectivity index (χ1v) is 10.0. The van der Waals surface area contributed by atoms with Gasteiger partial charge in [-0.1, -0.05) is 44.9 Å². The first-order chi connectivity index (χ1) is 12.1. The summed E-state index contributed by atoms with van der Waals surface area (Å²) >= 11 is 0. The van der Waals surface area contributed by atoms with Gasteiger partial charge < -0.3 is 19.4 Å². The van der Waals surface area contributed by atoms with Crippen molar-refractivity contribution in [2.24, 2.45) is 5.92 Å². The molecule has 1 heterocycles. The van der Waals surface area contributed by atoms with Gasteiger partial charge in [0.25, 0.3) is 0 Å². The monoisotopic (exact) mass is 353 g/mol. The van der Waals surface area contributed by atoms with Gasteiger partial charge >= 0.3 is 12.1 Å². The molecule has 0 radical (unpaired) electrons. The third kappa shape index (κ3) is 6.40. The number of ether oxygens (including phenoxy) is 1. The second kappa shape index (κ2) is 10.5. The van der Waals surface area contributed by atoms with Crippen molar-refractivity contribution in [3.8, 4) is 0 Å². The molecule has 0 aromatic rings. The zero-order chi connectivity index (χ0) is 18.1. The van der Waals surface area contributed by atoms with E-state index in [0.717, 1.165) is 18.9 Å². The quantitative estimate of drug-likeness (QED) is 0.686. The highest BCUT2D eigenvalue weighted by atomic mass is 16.6. The summed E-state index contributed by atoms with van der Waals surface area (Å²) < 4.78 is 5.01. The number of amides is 3. The van der Waals surface area contributed by atoms with Gasteiger partial charge in [-0.3, -0.25) is 0 Å². The van der Waals surface area contributed by atoms with Crippen LogP contribution in [0.4, 0.5) is 9.59 Å². The first kappa shape index (κ1) is 19.9. The van der Waals surface area contributed by atoms with E-state index in [0.29, 0.717) is 32.8 Å². The topological polar surface area (TPSA) is 53.1 Å². The maximum Gasteiger partial charge on any atom is 0.409 e. The van der Waals surface area contributed by atoms with Gasteiger partial charge in [-0.05, 0) is 19.3 Å². The summed E-state index contributed by atoms with van der Waals surface area (Å²) in [6.07, 6.45) is 10.4. The molecule has 2 rings (SSSR count). The van der Waals surface area contributed by atoms with Crippen LogP contribution in [0.5, 0.6) is 0 Å². The van der Waals surface area contributed by atoms with E-state index in [1.165, 1.54) is 44.9 Å². The van der Waals surface area contributed by atoms with Crippen LogP contribution in [0.15, 0.2) is 0 Å². The highest BCUT2D eigenvalue weighted by Crippen LogP contribution is 2.27. The number of unbranched alkanes of at least 4 members (excludes halogenated alkanes) is 1. The fourth-order valence-electron chi connectivity index (χ4n) is 3.89. The molecule has 1 aliphatic heterocycles. The van der Waals surface area contributed by atoms with E-state index in [1.54, 1.807) is 11.8 Å². The molecule has 6 nitrogen and oxygen atoms in total. The summed E-state index contributed by atoms with van der Waals surface area (Å²) in [7, 11) is 1.89. The van der Waals surface area contributed by atoms with Crippen molar-refractivity contribution >= 4 is 12.1 Å². The molecule has 3 amide bonds. The molecule has 0 bridgehead atoms. The van der Waals surface area contributed by atoms with E-state index < -0.39 is 0 Å². The predicted molar refractivity (Wildman–Crippen MR) is 98.6 cm³/mol. The van der Waals surface area contributed by atoms with Gasteiger partial charge in [0.2, 0.25) is 0 Å². The summed E-state index contributed by atoms with van der Waals surface area (Å²) in [5.74, 6) is 0.922. The zero-order valence-corrected chi connectivity index (χ0v) is 16.0. The van der Waals surface area contributed by atoms with E-state index in [9.17, 15) is 9.59 Å². The first-order valence-electron chi connectivity index (χ1n) is 10.0. The number of hydrogen-bond acceptors (Lipinski definition) is 3. The molecular weight excluding hydrogens is 318 g/mol. The number of nitrogens with zero attached hydrogens (tertiary/aromatic N) is 3. The van der Waals surface area contributed by atoms with E-state index in [2.05, 4.69) is 0 Å². The normalized spacial score (nSPS) is 19.0. The highest BCUT2D eigenvalue weighted by Gasteiger charge is 2.26. The lowest BCUT2D eigenvalue weighted by Crippen LogP contribution is -2.53. The maximum absolute atomic E-state index is 12.5. The Hall–Kier alpha value is -1.46. The Morgan fingerprint density at radius 3 is 2.28 bits per heavy atom. The van der Waals surface area contributed by atoms with Crippen molar-refractivity contribution in [3.05, 3.63) is 0 Å². The number of carbonyl (C=O) groups excluding carboxylic acids is 2. The second-order valence-electron chi connectivity index (χ2n) is 7.38. The van der Waals surface area contributed by atoms with Crippen molar-refractivity contribution in [2.75, 3.05) is 46.4 Å². The van der Waals surface area contributed by atoms with E-state index >= 15 is 0 Å². The molecule has 1 aliphatic carbocycles. The molecule has 0 aromatic heterocycles. The van der Waals surface area contributed by atoms with Gasteiger partial charge in [0.1, 0.15) is 0 Å². The van der Waals surface area contributed by atoms with Gasteiger partial charge in [0.05, 0.1) is 6.61 Å². The molecule has 2 aliphatic rings. The molecule has 0 spiro atoms. The minimum Gasteiger partial charge on any atom is -0.450 e. The van der Waals surface area contributed by atoms with Gasteiger partial charge in [-0.25, -0.2) is 9.59 Å². The lowest BCUT2D eigenvalue weighted by molar-refractivity contribution is 0.0801. The SMILES string of the molecule is CCOC(=O)N1CCN(C(=O)N(C)CCCCC2CCCCC2)CC1. The van der Waals surface area contributed by atoms with Crippen molar-refractivity contribution in [1.29, 1.82) is 0 Å². The van der Waals surface area contributed by atoms with Gasteiger partial charge in [-0.15, -0.1) is 0 Å². The predicted octanol–water partition coefficient (Wildman–Crippen LogP) is 3.56. The van der Waals surface area contributed by atoms with Crippen LogP contribution in [0.25, 0.3) is 0 Å². The molecule has 0 unspecified atom stereocenters. The molecular formula is C19H35N3O3. The largest absolute Gasteiger partial charge is 0.450 e. The Balaban J connectivity index is 1.60. The van der Waals surface area contributed by atoms with Crippen molar-refractivity contribution in [2.45, 2.75) is 58.3 Å². The average molecular weight is 354 g/mol. The van der Waals surface area contributed by atoms with Crippen LogP contribution >= 0.6 is 0 Å². The summed E-state index contributed by atoms with van der Waals surface area (Å²) in [4.78, 5) is 29.6. The highest BCUT2D eigenvalue weighted by molar-refractivity contribution is 5.75. The Morgan fingerprint density at radius 2 is 1.64 bits per heavy atom. The summed E-state index contributed by atoms with van der Waals surface area (Å²) in [5.41, 5.74) is 0. The van der Waals surface area contributed by atoms with E-state index in [4.69, 9.17) is 4.74 Å². The number of hydrogen-bond donors (Lipinski definition) is 0. The van der Waals surface area contributed by atoms with Crippen LogP contribution < -0.4 is 0 Å². The van der Waals surface area contributed by atoms with Crippen molar-refractivity contribution in [3.63, 3.8) is 0 Å². The summed E-state index contributed by atoms with van der Waals surface area (Å²) in [6, 6.07) is 0.0844.